The fraction of sp³-hybridized carbons (Fsp3) is 0.679. The van der Waals surface area contributed by atoms with Crippen LogP contribution in [-0.2, 0) is 33.3 Å². The highest BCUT2D eigenvalue weighted by Gasteiger charge is 2.25. The maximum atomic E-state index is 13.0. The molecule has 0 radical (unpaired) electrons. The second-order valence-corrected chi connectivity index (χ2v) is 26.2. The van der Waals surface area contributed by atoms with Crippen LogP contribution in [0.25, 0.3) is 0 Å². The van der Waals surface area contributed by atoms with Crippen LogP contribution in [0.3, 0.4) is 0 Å². The van der Waals surface area contributed by atoms with E-state index in [-0.39, 0.29) is 32.2 Å². The zero-order chi connectivity index (χ0) is 67.5. The number of rotatable bonds is 69. The number of carboxylic acids is 1. The summed E-state index contributed by atoms with van der Waals surface area (Å²) in [6.07, 6.45) is 104. The number of ether oxygens (including phenoxy) is 4. The van der Waals surface area contributed by atoms with Gasteiger partial charge in [0.05, 0.1) is 34.4 Å². The number of esters is 2. The Morgan fingerprint density at radius 3 is 0.914 bits per heavy atom. The number of nitrogens with zero attached hydrogens (tertiary/aromatic N) is 1. The Morgan fingerprint density at radius 1 is 0.333 bits per heavy atom. The average Bonchev–Trinajstić information content (AvgIpc) is 3.38. The molecule has 0 aliphatic carbocycles. The Labute approximate surface area is 572 Å². The maximum absolute atomic E-state index is 13.0. The molecule has 2 unspecified atom stereocenters. The van der Waals surface area contributed by atoms with Crippen LogP contribution in [-0.4, -0.2) is 87.4 Å². The highest BCUT2D eigenvalue weighted by atomic mass is 16.7. The topological polar surface area (TPSA) is 108 Å². The van der Waals surface area contributed by atoms with E-state index in [9.17, 15) is 19.5 Å². The van der Waals surface area contributed by atoms with E-state index in [4.69, 9.17) is 18.9 Å². The van der Waals surface area contributed by atoms with E-state index in [0.717, 1.165) is 122 Å². The highest BCUT2D eigenvalue weighted by Crippen LogP contribution is 2.18. The average molecular weight is 1290 g/mol. The van der Waals surface area contributed by atoms with Gasteiger partial charge in [-0.25, -0.2) is 4.79 Å². The van der Waals surface area contributed by atoms with E-state index in [1.807, 2.05) is 21.1 Å². The van der Waals surface area contributed by atoms with Gasteiger partial charge in [-0.3, -0.25) is 9.59 Å². The number of allylic oxidation sites excluding steroid dienone is 24. The molecule has 2 atom stereocenters. The van der Waals surface area contributed by atoms with Gasteiger partial charge in [0.15, 0.2) is 6.10 Å². The summed E-state index contributed by atoms with van der Waals surface area (Å²) in [7, 11) is 5.97. The molecule has 0 aliphatic rings. The summed E-state index contributed by atoms with van der Waals surface area (Å²) in [4.78, 5) is 37.7. The van der Waals surface area contributed by atoms with Gasteiger partial charge in [-0.1, -0.05) is 339 Å². The number of carbonyl (C=O) groups is 3. The quantitative estimate of drug-likeness (QED) is 0.0211. The molecule has 9 nitrogen and oxygen atoms in total. The second kappa shape index (κ2) is 73.0. The lowest BCUT2D eigenvalue weighted by atomic mass is 10.0. The number of likely N-dealkylation sites (N-methyl/N-ethyl adjacent to an activating group) is 1. The molecule has 0 saturated carbocycles. The van der Waals surface area contributed by atoms with Crippen LogP contribution in [0, 0.1) is 0 Å². The molecule has 0 amide bonds. The van der Waals surface area contributed by atoms with Crippen molar-refractivity contribution in [2.24, 2.45) is 0 Å². The van der Waals surface area contributed by atoms with Crippen LogP contribution in [0.4, 0.5) is 0 Å². The van der Waals surface area contributed by atoms with Crippen molar-refractivity contribution >= 4 is 17.9 Å². The molecule has 0 spiro atoms. The number of quaternary nitrogens is 1. The Hall–Kier alpha value is -4.83. The molecule has 0 aromatic heterocycles. The summed E-state index contributed by atoms with van der Waals surface area (Å²) in [5.41, 5.74) is 0. The molecule has 0 saturated heterocycles. The number of hydrogen-bond donors (Lipinski definition) is 1. The third-order valence-electron chi connectivity index (χ3n) is 16.1. The van der Waals surface area contributed by atoms with Crippen LogP contribution in [0.1, 0.15) is 309 Å². The predicted molar refractivity (Wildman–Crippen MR) is 400 cm³/mol. The van der Waals surface area contributed by atoms with E-state index in [1.54, 1.807) is 0 Å². The molecule has 0 aromatic carbocycles. The molecule has 0 bridgehead atoms. The number of carboxylic acid groups (broad SMARTS) is 1. The monoisotopic (exact) mass is 1290 g/mol. The van der Waals surface area contributed by atoms with Crippen LogP contribution < -0.4 is 0 Å². The van der Waals surface area contributed by atoms with Gasteiger partial charge in [-0.15, -0.1) is 0 Å². The first kappa shape index (κ1) is 88.2. The molecule has 0 aliphatic heterocycles. The number of unbranched alkanes of at least 4 members (excludes halogenated alkanes) is 30. The first-order valence-corrected chi connectivity index (χ1v) is 38.0. The predicted octanol–water partition coefficient (Wildman–Crippen LogP) is 24.3. The summed E-state index contributed by atoms with van der Waals surface area (Å²) in [6, 6.07) is 0. The molecule has 1 N–H and O–H groups in total. The van der Waals surface area contributed by atoms with Gasteiger partial charge in [-0.05, 0) is 103 Å². The molecule has 530 valence electrons. The lowest BCUT2D eigenvalue weighted by Crippen LogP contribution is -2.40. The van der Waals surface area contributed by atoms with E-state index in [1.165, 1.54) is 154 Å². The molecule has 0 heterocycles. The minimum Gasteiger partial charge on any atom is -0.477 e. The molecule has 0 aromatic rings. The van der Waals surface area contributed by atoms with E-state index >= 15 is 0 Å². The van der Waals surface area contributed by atoms with E-state index in [2.05, 4.69) is 160 Å². The van der Waals surface area contributed by atoms with E-state index < -0.39 is 24.3 Å². The maximum Gasteiger partial charge on any atom is 0.361 e. The summed E-state index contributed by atoms with van der Waals surface area (Å²) >= 11 is 0. The van der Waals surface area contributed by atoms with Crippen molar-refractivity contribution in [2.45, 2.75) is 322 Å². The van der Waals surface area contributed by atoms with Crippen LogP contribution in [0.2, 0.25) is 0 Å². The Kier molecular flexibility index (Phi) is 69.2. The first-order valence-electron chi connectivity index (χ1n) is 38.0. The van der Waals surface area contributed by atoms with Crippen molar-refractivity contribution in [3.8, 4) is 0 Å². The van der Waals surface area contributed by atoms with Crippen LogP contribution >= 0.6 is 0 Å². The lowest BCUT2D eigenvalue weighted by Gasteiger charge is -2.25. The van der Waals surface area contributed by atoms with E-state index in [0.29, 0.717) is 23.9 Å². The normalized spacial score (nSPS) is 13.5. The lowest BCUT2D eigenvalue weighted by molar-refractivity contribution is -0.870. The van der Waals surface area contributed by atoms with Gasteiger partial charge < -0.3 is 28.5 Å². The van der Waals surface area contributed by atoms with Crippen molar-refractivity contribution in [3.63, 3.8) is 0 Å². The SMILES string of the molecule is CC/C=C\C/C=C\C/C=C\C/C=C\C/C=C\C/C=C\C/C=C\C/C=C\C/C=C\C/C=C\C/C=C\C/C=C\CCCCCCC(=O)OC(COC(=O)CCCCCCCCCCCCCCCCCCCCCCCCCCCCC)COC(OCC[N+](C)(C)C)C(=O)O. The van der Waals surface area contributed by atoms with Crippen molar-refractivity contribution in [1.82, 2.24) is 0 Å². The van der Waals surface area contributed by atoms with Gasteiger partial charge >= 0.3 is 17.9 Å². The fourth-order valence-corrected chi connectivity index (χ4v) is 10.4. The Bertz CT molecular complexity index is 2040. The van der Waals surface area contributed by atoms with Crippen LogP contribution in [0.5, 0.6) is 0 Å². The zero-order valence-electron chi connectivity index (χ0n) is 60.6. The Morgan fingerprint density at radius 2 is 0.613 bits per heavy atom. The molecule has 93 heavy (non-hydrogen) atoms. The third-order valence-corrected chi connectivity index (χ3v) is 16.1. The second-order valence-electron chi connectivity index (χ2n) is 26.2. The van der Waals surface area contributed by atoms with Crippen molar-refractivity contribution < 1.29 is 42.9 Å². The summed E-state index contributed by atoms with van der Waals surface area (Å²) < 4.78 is 23.0. The fourth-order valence-electron chi connectivity index (χ4n) is 10.4. The molecular weight excluding hydrogens is 1150 g/mol. The van der Waals surface area contributed by atoms with Gasteiger partial charge in [0.1, 0.15) is 13.2 Å². The number of aliphatic carboxylic acids is 1. The first-order chi connectivity index (χ1) is 45.6. The van der Waals surface area contributed by atoms with Gasteiger partial charge in [0, 0.05) is 12.8 Å². The highest BCUT2D eigenvalue weighted by molar-refractivity contribution is 5.71. The smallest absolute Gasteiger partial charge is 0.361 e. The number of carbonyl (C=O) groups excluding carboxylic acids is 2. The van der Waals surface area contributed by atoms with Gasteiger partial charge in [-0.2, -0.15) is 0 Å². The summed E-state index contributed by atoms with van der Waals surface area (Å²) in [5, 5.41) is 9.76. The van der Waals surface area contributed by atoms with Crippen LogP contribution in [0.15, 0.2) is 146 Å². The minimum absolute atomic E-state index is 0.177. The Balaban J connectivity index is 4.18. The standard InChI is InChI=1S/C84H141NO8/c1-6-8-10-12-14-16-18-20-22-24-26-28-30-32-34-35-36-37-38-39-40-41-42-43-44-45-46-47-49-51-53-55-57-59-61-63-65-67-69-71-73-75-82(87)93-80(79-92-84(83(88)89)90-77-76-85(3,4)5)78-91-81(86)74-72-70-68-66-64-62-60-58-56-54-52-50-48-33-31-29-27-25-23-21-19-17-15-13-11-9-7-2/h8,10,14,16,20,22,26,28,32,34,36-37,39-40,42-43,45-46,49,51,55,57,61,63,80,84H,6-7,9,11-13,15,17-19,21,23-25,27,29-31,33,35,38,41,44,47-48,50,52-54,56,58-60,62,64-79H2,1-5H3/p+1/b10-8-,16-14-,22-20-,28-26-,34-32-,37-36-,40-39-,43-42-,46-45-,51-49-,57-55-,63-61-. The zero-order valence-corrected chi connectivity index (χ0v) is 60.6. The molecule has 0 fully saturated rings. The summed E-state index contributed by atoms with van der Waals surface area (Å²) in [6.45, 7) is 4.76. The van der Waals surface area contributed by atoms with Gasteiger partial charge in [0.2, 0.25) is 0 Å². The van der Waals surface area contributed by atoms with Crippen molar-refractivity contribution in [1.29, 1.82) is 0 Å². The minimum atomic E-state index is -1.53. The third kappa shape index (κ3) is 74.4. The molecule has 0 rings (SSSR count). The molecular formula is C84H142NO8+. The van der Waals surface area contributed by atoms with Crippen molar-refractivity contribution in [2.75, 3.05) is 47.5 Å². The van der Waals surface area contributed by atoms with Crippen molar-refractivity contribution in [3.05, 3.63) is 146 Å². The number of hydrogen-bond acceptors (Lipinski definition) is 7. The molecule has 9 heteroatoms. The van der Waals surface area contributed by atoms with Gasteiger partial charge in [0.25, 0.3) is 6.29 Å². The summed E-state index contributed by atoms with van der Waals surface area (Å²) in [5.74, 6) is -2.04. The largest absolute Gasteiger partial charge is 0.477 e.